The van der Waals surface area contributed by atoms with Gasteiger partial charge in [-0.3, -0.25) is 5.10 Å². The fourth-order valence-electron chi connectivity index (χ4n) is 1.36. The van der Waals surface area contributed by atoms with E-state index in [1.165, 1.54) is 4.70 Å². The maximum Gasteiger partial charge on any atom is 0.127 e. The molecule has 2 heterocycles. The van der Waals surface area contributed by atoms with Crippen LogP contribution in [0.4, 0.5) is 0 Å². The second kappa shape index (κ2) is 2.92. The number of fused-ring (bicyclic) bond motifs is 1. The van der Waals surface area contributed by atoms with E-state index in [4.69, 9.17) is 0 Å². The minimum atomic E-state index is 1.01. The van der Waals surface area contributed by atoms with Crippen molar-refractivity contribution in [3.8, 4) is 10.6 Å². The maximum atomic E-state index is 4.51. The van der Waals surface area contributed by atoms with Crippen LogP contribution in [0.2, 0.25) is 0 Å². The number of aromatic amines is 1. The van der Waals surface area contributed by atoms with Crippen molar-refractivity contribution >= 4 is 21.6 Å². The van der Waals surface area contributed by atoms with Gasteiger partial charge in [0.1, 0.15) is 5.01 Å². The number of H-pyrrole nitrogens is 1. The van der Waals surface area contributed by atoms with Crippen LogP contribution in [0.15, 0.2) is 36.7 Å². The molecule has 0 aliphatic carbocycles. The van der Waals surface area contributed by atoms with E-state index >= 15 is 0 Å². The Kier molecular flexibility index (Phi) is 1.61. The van der Waals surface area contributed by atoms with Gasteiger partial charge in [-0.05, 0) is 12.1 Å². The first kappa shape index (κ1) is 7.70. The zero-order valence-electron chi connectivity index (χ0n) is 7.27. The van der Waals surface area contributed by atoms with Gasteiger partial charge in [0.25, 0.3) is 0 Å². The molecule has 0 aliphatic heterocycles. The number of nitrogens with one attached hydrogen (secondary N) is 1. The van der Waals surface area contributed by atoms with E-state index in [-0.39, 0.29) is 0 Å². The summed E-state index contributed by atoms with van der Waals surface area (Å²) in [7, 11) is 0. The van der Waals surface area contributed by atoms with Crippen molar-refractivity contribution in [1.29, 1.82) is 0 Å². The Morgan fingerprint density at radius 2 is 2.14 bits per heavy atom. The molecule has 0 saturated carbocycles. The van der Waals surface area contributed by atoms with E-state index in [0.29, 0.717) is 0 Å². The van der Waals surface area contributed by atoms with Gasteiger partial charge in [0.15, 0.2) is 0 Å². The van der Waals surface area contributed by atoms with Gasteiger partial charge < -0.3 is 0 Å². The predicted octanol–water partition coefficient (Wildman–Crippen LogP) is 2.69. The van der Waals surface area contributed by atoms with Gasteiger partial charge in [-0.1, -0.05) is 12.1 Å². The summed E-state index contributed by atoms with van der Waals surface area (Å²) in [5, 5.41) is 7.71. The van der Waals surface area contributed by atoms with Crippen molar-refractivity contribution in [3.05, 3.63) is 36.7 Å². The van der Waals surface area contributed by atoms with Gasteiger partial charge in [-0.2, -0.15) is 5.10 Å². The van der Waals surface area contributed by atoms with Crippen LogP contribution in [0.25, 0.3) is 20.8 Å². The molecule has 0 fully saturated rings. The predicted molar refractivity (Wildman–Crippen MR) is 57.2 cm³/mol. The summed E-state index contributed by atoms with van der Waals surface area (Å²) in [6.45, 7) is 0. The Bertz CT molecular complexity index is 521. The van der Waals surface area contributed by atoms with Gasteiger partial charge in [0, 0.05) is 11.8 Å². The van der Waals surface area contributed by atoms with E-state index < -0.39 is 0 Å². The van der Waals surface area contributed by atoms with Crippen LogP contribution in [0.5, 0.6) is 0 Å². The summed E-state index contributed by atoms with van der Waals surface area (Å²) in [5.41, 5.74) is 2.10. The molecule has 0 bridgehead atoms. The van der Waals surface area contributed by atoms with E-state index in [0.717, 1.165) is 16.1 Å². The molecule has 0 amide bonds. The van der Waals surface area contributed by atoms with E-state index in [9.17, 15) is 0 Å². The SMILES string of the molecule is c1ccc2sc(-c3cn[nH]c3)nc2c1. The van der Waals surface area contributed by atoms with Crippen molar-refractivity contribution in [2.24, 2.45) is 0 Å². The first-order valence-electron chi connectivity index (χ1n) is 4.28. The highest BCUT2D eigenvalue weighted by Crippen LogP contribution is 2.28. The first-order valence-corrected chi connectivity index (χ1v) is 5.10. The quantitative estimate of drug-likeness (QED) is 0.657. The molecule has 1 aromatic carbocycles. The average molecular weight is 201 g/mol. The monoisotopic (exact) mass is 201 g/mol. The van der Waals surface area contributed by atoms with Crippen molar-refractivity contribution in [2.45, 2.75) is 0 Å². The molecule has 3 nitrogen and oxygen atoms in total. The number of benzene rings is 1. The normalized spacial score (nSPS) is 10.9. The Morgan fingerprint density at radius 3 is 2.93 bits per heavy atom. The minimum Gasteiger partial charge on any atom is -0.285 e. The van der Waals surface area contributed by atoms with Gasteiger partial charge in [0.2, 0.25) is 0 Å². The molecule has 0 aliphatic rings. The summed E-state index contributed by atoms with van der Waals surface area (Å²) in [5.74, 6) is 0. The molecular weight excluding hydrogens is 194 g/mol. The number of para-hydroxylation sites is 1. The maximum absolute atomic E-state index is 4.51. The summed E-state index contributed by atoms with van der Waals surface area (Å²) in [6.07, 6.45) is 3.65. The zero-order chi connectivity index (χ0) is 9.38. The number of aromatic nitrogens is 3. The molecule has 4 heteroatoms. The highest BCUT2D eigenvalue weighted by atomic mass is 32.1. The summed E-state index contributed by atoms with van der Waals surface area (Å²) >= 11 is 1.68. The van der Waals surface area contributed by atoms with Gasteiger partial charge in [-0.25, -0.2) is 4.98 Å². The first-order chi connectivity index (χ1) is 6.93. The van der Waals surface area contributed by atoms with E-state index in [1.54, 1.807) is 17.5 Å². The molecule has 3 rings (SSSR count). The number of thiazole rings is 1. The summed E-state index contributed by atoms with van der Waals surface area (Å²) in [4.78, 5) is 4.51. The lowest BCUT2D eigenvalue weighted by atomic mass is 10.3. The topological polar surface area (TPSA) is 41.6 Å². The smallest absolute Gasteiger partial charge is 0.127 e. The molecule has 0 saturated heterocycles. The van der Waals surface area contributed by atoms with Crippen LogP contribution < -0.4 is 0 Å². The van der Waals surface area contributed by atoms with Crippen LogP contribution in [0.1, 0.15) is 0 Å². The molecule has 3 aromatic rings. The van der Waals surface area contributed by atoms with Crippen LogP contribution in [0, 0.1) is 0 Å². The Hall–Kier alpha value is -1.68. The van der Waals surface area contributed by atoms with Crippen LogP contribution in [0.3, 0.4) is 0 Å². The minimum absolute atomic E-state index is 1.01. The molecule has 0 unspecified atom stereocenters. The second-order valence-corrected chi connectivity index (χ2v) is 4.00. The lowest BCUT2D eigenvalue weighted by Crippen LogP contribution is -1.69. The lowest BCUT2D eigenvalue weighted by Gasteiger charge is -1.83. The molecular formula is C10H7N3S. The van der Waals surface area contributed by atoms with Crippen molar-refractivity contribution in [1.82, 2.24) is 15.2 Å². The number of nitrogens with zero attached hydrogens (tertiary/aromatic N) is 2. The number of hydrogen-bond acceptors (Lipinski definition) is 3. The van der Waals surface area contributed by atoms with Crippen LogP contribution in [-0.2, 0) is 0 Å². The summed E-state index contributed by atoms with van der Waals surface area (Å²) < 4.78 is 1.21. The van der Waals surface area contributed by atoms with Gasteiger partial charge in [0.05, 0.1) is 16.4 Å². The highest BCUT2D eigenvalue weighted by molar-refractivity contribution is 7.21. The number of hydrogen-bond donors (Lipinski definition) is 1. The largest absolute Gasteiger partial charge is 0.285 e. The summed E-state index contributed by atoms with van der Waals surface area (Å²) in [6, 6.07) is 8.13. The van der Waals surface area contributed by atoms with Crippen molar-refractivity contribution < 1.29 is 0 Å². The third-order valence-corrected chi connectivity index (χ3v) is 3.12. The average Bonchev–Trinajstić information content (AvgIpc) is 2.86. The molecule has 14 heavy (non-hydrogen) atoms. The molecule has 1 N–H and O–H groups in total. The van der Waals surface area contributed by atoms with E-state index in [2.05, 4.69) is 21.2 Å². The van der Waals surface area contributed by atoms with Crippen molar-refractivity contribution in [2.75, 3.05) is 0 Å². The fraction of sp³-hybridized carbons (Fsp3) is 0. The lowest BCUT2D eigenvalue weighted by molar-refractivity contribution is 1.09. The third-order valence-electron chi connectivity index (χ3n) is 2.04. The molecule has 0 spiro atoms. The Morgan fingerprint density at radius 1 is 1.21 bits per heavy atom. The zero-order valence-corrected chi connectivity index (χ0v) is 8.08. The Balaban J connectivity index is 2.24. The third kappa shape index (κ3) is 1.12. The van der Waals surface area contributed by atoms with Crippen molar-refractivity contribution in [3.63, 3.8) is 0 Å². The highest BCUT2D eigenvalue weighted by Gasteiger charge is 2.05. The molecule has 0 radical (unpaired) electrons. The molecule has 68 valence electrons. The van der Waals surface area contributed by atoms with Crippen LogP contribution >= 0.6 is 11.3 Å². The molecule has 0 atom stereocenters. The van der Waals surface area contributed by atoms with Gasteiger partial charge >= 0.3 is 0 Å². The fourth-order valence-corrected chi connectivity index (χ4v) is 2.31. The van der Waals surface area contributed by atoms with Gasteiger partial charge in [-0.15, -0.1) is 11.3 Å². The number of rotatable bonds is 1. The molecule has 2 aromatic heterocycles. The Labute approximate surface area is 84.4 Å². The second-order valence-electron chi connectivity index (χ2n) is 2.97. The standard InChI is InChI=1S/C10H7N3S/c1-2-4-9-8(3-1)13-10(14-9)7-5-11-12-6-7/h1-6H,(H,11,12). The van der Waals surface area contributed by atoms with Crippen LogP contribution in [-0.4, -0.2) is 15.2 Å². The van der Waals surface area contributed by atoms with E-state index in [1.807, 2.05) is 24.4 Å².